The van der Waals surface area contributed by atoms with Crippen LogP contribution in [0.4, 0.5) is 33.3 Å². The molecule has 0 saturated heterocycles. The molecule has 1 saturated carbocycles. The van der Waals surface area contributed by atoms with Gasteiger partial charge in [-0.15, -0.1) is 0 Å². The normalized spacial score (nSPS) is 28.2. The third kappa shape index (κ3) is 2.68. The van der Waals surface area contributed by atoms with Gasteiger partial charge in [0.05, 0.1) is 23.5 Å². The zero-order valence-electron chi connectivity index (χ0n) is 17.3. The minimum atomic E-state index is -4.62. The van der Waals surface area contributed by atoms with Crippen LogP contribution in [-0.2, 0) is 10.2 Å². The third-order valence-corrected chi connectivity index (χ3v) is 7.13. The monoisotopic (exact) mass is 485 g/mol. The van der Waals surface area contributed by atoms with Crippen LogP contribution in [0.1, 0.15) is 31.0 Å². The quantitative estimate of drug-likeness (QED) is 0.551. The van der Waals surface area contributed by atoms with Crippen molar-refractivity contribution in [2.75, 3.05) is 11.4 Å². The number of nitrogens with two attached hydrogens (primary N) is 1. The van der Waals surface area contributed by atoms with Crippen LogP contribution in [0.3, 0.4) is 0 Å². The van der Waals surface area contributed by atoms with Gasteiger partial charge in [-0.05, 0) is 31.5 Å². The maximum Gasteiger partial charge on any atom is 0.401 e. The molecule has 3 heterocycles. The Morgan fingerprint density at radius 3 is 2.39 bits per heavy atom. The molecule has 174 valence electrons. The largest absolute Gasteiger partial charge is 0.401 e. The fourth-order valence-corrected chi connectivity index (χ4v) is 4.94. The first-order valence-electron chi connectivity index (χ1n) is 9.90. The van der Waals surface area contributed by atoms with Gasteiger partial charge in [-0.1, -0.05) is 23.7 Å². The Kier molecular flexibility index (Phi) is 4.20. The van der Waals surface area contributed by atoms with Crippen molar-refractivity contribution < 1.29 is 26.7 Å². The van der Waals surface area contributed by atoms with Gasteiger partial charge in [-0.3, -0.25) is 4.79 Å². The number of halogens is 6. The number of amides is 1. The molecule has 3 aromatic rings. The fraction of sp³-hybridized carbons (Fsp3) is 0.381. The minimum absolute atomic E-state index is 0.00564. The first kappa shape index (κ1) is 21.9. The first-order valence-corrected chi connectivity index (χ1v) is 10.3. The molecule has 1 amide bonds. The van der Waals surface area contributed by atoms with Gasteiger partial charge >= 0.3 is 6.18 Å². The molecule has 0 unspecified atom stereocenters. The van der Waals surface area contributed by atoms with E-state index in [1.54, 1.807) is 0 Å². The number of carbonyl (C=O) groups excluding carboxylic acids is 1. The van der Waals surface area contributed by atoms with Crippen molar-refractivity contribution in [1.29, 1.82) is 0 Å². The number of carbonyl (C=O) groups is 1. The molecule has 2 aromatic heterocycles. The van der Waals surface area contributed by atoms with E-state index in [9.17, 15) is 26.7 Å². The van der Waals surface area contributed by atoms with Gasteiger partial charge in [-0.2, -0.15) is 18.3 Å². The highest BCUT2D eigenvalue weighted by Crippen LogP contribution is 2.71. The summed E-state index contributed by atoms with van der Waals surface area (Å²) >= 11 is 5.91. The Hall–Kier alpha value is -2.95. The molecule has 3 atom stereocenters. The van der Waals surface area contributed by atoms with Crippen LogP contribution in [0.5, 0.6) is 0 Å². The second-order valence-corrected chi connectivity index (χ2v) is 9.25. The van der Waals surface area contributed by atoms with Crippen LogP contribution in [0.2, 0.25) is 5.15 Å². The summed E-state index contributed by atoms with van der Waals surface area (Å²) in [4.78, 5) is 17.1. The van der Waals surface area contributed by atoms with Crippen LogP contribution in [0.25, 0.3) is 5.65 Å². The van der Waals surface area contributed by atoms with Gasteiger partial charge in [0, 0.05) is 18.3 Å². The topological polar surface area (TPSA) is 76.5 Å². The molecule has 0 spiro atoms. The van der Waals surface area contributed by atoms with E-state index in [2.05, 4.69) is 10.1 Å². The van der Waals surface area contributed by atoms with Gasteiger partial charge in [0.15, 0.2) is 10.8 Å². The smallest absolute Gasteiger partial charge is 0.369 e. The molecule has 0 bridgehead atoms. The number of rotatable bonds is 3. The molecule has 6 nitrogen and oxygen atoms in total. The molecule has 2 N–H and O–H groups in total. The number of alkyl halides is 5. The van der Waals surface area contributed by atoms with Crippen molar-refractivity contribution in [1.82, 2.24) is 14.6 Å². The van der Waals surface area contributed by atoms with Gasteiger partial charge < -0.3 is 10.6 Å². The van der Waals surface area contributed by atoms with Gasteiger partial charge in [0.25, 0.3) is 5.92 Å². The molecule has 1 aliphatic heterocycles. The lowest BCUT2D eigenvalue weighted by Gasteiger charge is -2.28. The fourth-order valence-electron chi connectivity index (χ4n) is 4.77. The highest BCUT2D eigenvalue weighted by atomic mass is 35.5. The summed E-state index contributed by atoms with van der Waals surface area (Å²) < 4.78 is 72.4. The third-order valence-electron chi connectivity index (χ3n) is 6.95. The molecule has 1 aromatic carbocycles. The molecule has 1 aliphatic carbocycles. The number of primary amides is 1. The Morgan fingerprint density at radius 1 is 1.21 bits per heavy atom. The molecule has 5 rings (SSSR count). The van der Waals surface area contributed by atoms with E-state index in [0.29, 0.717) is 5.69 Å². The molecule has 2 aliphatic rings. The molecule has 1 fully saturated rings. The highest BCUT2D eigenvalue weighted by molar-refractivity contribution is 6.29. The van der Waals surface area contributed by atoms with Crippen LogP contribution in [0, 0.1) is 5.41 Å². The van der Waals surface area contributed by atoms with E-state index < -0.39 is 41.3 Å². The molecule has 0 radical (unpaired) electrons. The van der Waals surface area contributed by atoms with Crippen molar-refractivity contribution in [3.63, 3.8) is 0 Å². The summed E-state index contributed by atoms with van der Waals surface area (Å²) in [6.45, 7) is 1.70. The van der Waals surface area contributed by atoms with Crippen LogP contribution in [-0.4, -0.2) is 39.1 Å². The Morgan fingerprint density at radius 2 is 1.85 bits per heavy atom. The minimum Gasteiger partial charge on any atom is -0.369 e. The molecular formula is C21H17ClF5N5O. The number of aromatic nitrogens is 3. The molecular weight excluding hydrogens is 469 g/mol. The lowest BCUT2D eigenvalue weighted by Crippen LogP contribution is -2.43. The van der Waals surface area contributed by atoms with Crippen LogP contribution in [0.15, 0.2) is 36.5 Å². The van der Waals surface area contributed by atoms with Crippen molar-refractivity contribution in [3.8, 4) is 0 Å². The van der Waals surface area contributed by atoms with Gasteiger partial charge in [0.2, 0.25) is 5.91 Å². The summed E-state index contributed by atoms with van der Waals surface area (Å²) in [5.74, 6) is -5.80. The Labute approximate surface area is 189 Å². The summed E-state index contributed by atoms with van der Waals surface area (Å²) in [6, 6.07) is 7.00. The van der Waals surface area contributed by atoms with E-state index in [1.165, 1.54) is 41.4 Å². The second-order valence-electron chi connectivity index (χ2n) is 8.86. The summed E-state index contributed by atoms with van der Waals surface area (Å²) in [7, 11) is 0. The molecule has 33 heavy (non-hydrogen) atoms. The number of hydrogen-bond acceptors (Lipinski definition) is 4. The van der Waals surface area contributed by atoms with E-state index in [1.807, 2.05) is 0 Å². The zero-order valence-corrected chi connectivity index (χ0v) is 18.0. The number of hydrogen-bond donors (Lipinski definition) is 1. The second kappa shape index (κ2) is 6.34. The van der Waals surface area contributed by atoms with Crippen LogP contribution < -0.4 is 10.6 Å². The Balaban J connectivity index is 1.58. The number of nitrogens with zero attached hydrogens (tertiary/aromatic N) is 4. The average molecular weight is 486 g/mol. The lowest BCUT2D eigenvalue weighted by molar-refractivity contribution is -0.181. The Bertz CT molecular complexity index is 1310. The highest BCUT2D eigenvalue weighted by Gasteiger charge is 2.81. The van der Waals surface area contributed by atoms with E-state index in [-0.39, 0.29) is 27.7 Å². The summed E-state index contributed by atoms with van der Waals surface area (Å²) in [6.07, 6.45) is -3.31. The van der Waals surface area contributed by atoms with Gasteiger partial charge in [-0.25, -0.2) is 18.3 Å². The number of benzene rings is 1. The van der Waals surface area contributed by atoms with E-state index >= 15 is 0 Å². The first-order chi connectivity index (χ1) is 15.2. The standard InChI is InChI=1S/C21H17ClF5N5O/c1-18(21(25,26)27)9-31(12-8-29-14-7-13(22)30-32(14)16(12)18)11-5-3-10(4-6-11)15-19(2,17(28)33)20(15,23)24/h3-8,15H,9H2,1-2H3,(H2,28,33)/t15-,18-,19+/m1/s1. The van der Waals surface area contributed by atoms with Crippen molar-refractivity contribution in [2.45, 2.75) is 37.3 Å². The SMILES string of the molecule is C[C@@]1(C(F)(F)F)CN(c2ccc([C@H]3C(F)(F)[C@]3(C)C(N)=O)cc2)c2cnc3cc(Cl)nn3c21. The van der Waals surface area contributed by atoms with E-state index in [0.717, 1.165) is 18.4 Å². The maximum atomic E-state index is 14.3. The van der Waals surface area contributed by atoms with Gasteiger partial charge in [0.1, 0.15) is 10.8 Å². The zero-order chi connectivity index (χ0) is 24.1. The predicted octanol–water partition coefficient (Wildman–Crippen LogP) is 4.58. The van der Waals surface area contributed by atoms with E-state index in [4.69, 9.17) is 17.3 Å². The predicted molar refractivity (Wildman–Crippen MR) is 110 cm³/mol. The summed E-state index contributed by atoms with van der Waals surface area (Å²) in [5.41, 5.74) is 1.63. The lowest BCUT2D eigenvalue weighted by atomic mass is 9.87. The summed E-state index contributed by atoms with van der Waals surface area (Å²) in [5, 5.41) is 3.99. The molecule has 12 heteroatoms. The van der Waals surface area contributed by atoms with Crippen molar-refractivity contribution >= 4 is 34.5 Å². The number of anilines is 2. The number of fused-ring (bicyclic) bond motifs is 3. The van der Waals surface area contributed by atoms with Crippen LogP contribution >= 0.6 is 11.6 Å². The maximum absolute atomic E-state index is 14.3. The average Bonchev–Trinajstić information content (AvgIpc) is 3.01. The van der Waals surface area contributed by atoms with Crippen molar-refractivity contribution in [3.05, 3.63) is 52.9 Å². The van der Waals surface area contributed by atoms with Crippen molar-refractivity contribution in [2.24, 2.45) is 11.1 Å².